The van der Waals surface area contributed by atoms with Crippen molar-refractivity contribution in [1.82, 2.24) is 4.90 Å². The van der Waals surface area contributed by atoms with Crippen molar-refractivity contribution >= 4 is 29.3 Å². The summed E-state index contributed by atoms with van der Waals surface area (Å²) in [5.41, 5.74) is 7.70. The number of primary amides is 1. The van der Waals surface area contributed by atoms with E-state index in [-0.39, 0.29) is 11.2 Å². The zero-order chi connectivity index (χ0) is 25.5. The van der Waals surface area contributed by atoms with E-state index in [2.05, 4.69) is 11.0 Å². The number of unbranched alkanes of at least 4 members (excludes halogenated alkanes) is 2. The molecular formula is C28H37N3O4S. The number of nitrogens with zero attached hydrogens (tertiary/aromatic N) is 2. The van der Waals surface area contributed by atoms with Crippen LogP contribution in [0.5, 0.6) is 0 Å². The van der Waals surface area contributed by atoms with Crippen molar-refractivity contribution in [3.63, 3.8) is 0 Å². The molecule has 8 heteroatoms. The molecule has 0 aromatic heterocycles. The van der Waals surface area contributed by atoms with Gasteiger partial charge >= 0.3 is 0 Å². The zero-order valence-corrected chi connectivity index (χ0v) is 22.0. The van der Waals surface area contributed by atoms with Gasteiger partial charge in [0.1, 0.15) is 5.25 Å². The van der Waals surface area contributed by atoms with Crippen LogP contribution in [0.2, 0.25) is 0 Å². The first kappa shape index (κ1) is 26.7. The number of fused-ring (bicyclic) bond motifs is 1. The van der Waals surface area contributed by atoms with E-state index in [1.807, 2.05) is 35.2 Å². The molecule has 7 nitrogen and oxygen atoms in total. The van der Waals surface area contributed by atoms with Gasteiger partial charge in [-0.05, 0) is 62.1 Å². The van der Waals surface area contributed by atoms with Crippen LogP contribution < -0.4 is 10.6 Å². The minimum Gasteiger partial charge on any atom is -0.383 e. The number of hydrogen-bond acceptors (Lipinski definition) is 6. The van der Waals surface area contributed by atoms with Crippen LogP contribution in [-0.4, -0.2) is 69.3 Å². The van der Waals surface area contributed by atoms with Crippen molar-refractivity contribution in [2.75, 3.05) is 45.4 Å². The van der Waals surface area contributed by atoms with Crippen LogP contribution in [0.3, 0.4) is 0 Å². The van der Waals surface area contributed by atoms with E-state index in [0.717, 1.165) is 68.0 Å². The highest BCUT2D eigenvalue weighted by molar-refractivity contribution is 8.00. The smallest absolute Gasteiger partial charge is 0.248 e. The summed E-state index contributed by atoms with van der Waals surface area (Å²) in [7, 11) is 3.54. The first-order valence-corrected chi connectivity index (χ1v) is 13.6. The average molecular weight is 512 g/mol. The van der Waals surface area contributed by atoms with Crippen molar-refractivity contribution in [1.29, 1.82) is 0 Å². The molecule has 2 N–H and O–H groups in total. The Balaban J connectivity index is 1.37. The van der Waals surface area contributed by atoms with E-state index in [0.29, 0.717) is 24.2 Å². The summed E-state index contributed by atoms with van der Waals surface area (Å²) in [6, 6.07) is 16.1. The number of anilines is 1. The van der Waals surface area contributed by atoms with Gasteiger partial charge in [-0.25, -0.2) is 0 Å². The Morgan fingerprint density at radius 2 is 1.58 bits per heavy atom. The topological polar surface area (TPSA) is 85.1 Å². The van der Waals surface area contributed by atoms with Gasteiger partial charge in [0, 0.05) is 43.3 Å². The van der Waals surface area contributed by atoms with Gasteiger partial charge in [-0.15, -0.1) is 11.8 Å². The molecule has 2 aromatic carbocycles. The van der Waals surface area contributed by atoms with E-state index in [1.54, 1.807) is 38.1 Å². The normalized spacial score (nSPS) is 22.1. The summed E-state index contributed by atoms with van der Waals surface area (Å²) >= 11 is 1.57. The number of hydrogen-bond donors (Lipinski definition) is 1. The maximum absolute atomic E-state index is 13.6. The number of carbonyl (C=O) groups is 2. The summed E-state index contributed by atoms with van der Waals surface area (Å²) < 4.78 is 10.9. The molecule has 3 atom stereocenters. The van der Waals surface area contributed by atoms with Gasteiger partial charge in [-0.2, -0.15) is 0 Å². The Bertz CT molecular complexity index is 1020. The fourth-order valence-corrected chi connectivity index (χ4v) is 6.58. The van der Waals surface area contributed by atoms with Gasteiger partial charge in [-0.3, -0.25) is 14.5 Å². The molecule has 4 rings (SSSR count). The first-order chi connectivity index (χ1) is 17.5. The van der Waals surface area contributed by atoms with Crippen LogP contribution in [0.4, 0.5) is 5.69 Å². The van der Waals surface area contributed by atoms with Crippen LogP contribution in [0, 0.1) is 0 Å². The molecule has 2 amide bonds. The van der Waals surface area contributed by atoms with Gasteiger partial charge in [-0.1, -0.05) is 30.7 Å². The number of nitrogens with two attached hydrogens (primary N) is 1. The van der Waals surface area contributed by atoms with Crippen molar-refractivity contribution in [3.05, 3.63) is 59.7 Å². The Labute approximate surface area is 218 Å². The molecule has 2 heterocycles. The third-order valence-electron chi connectivity index (χ3n) is 7.18. The predicted molar refractivity (Wildman–Crippen MR) is 143 cm³/mol. The number of rotatable bonds is 12. The summed E-state index contributed by atoms with van der Waals surface area (Å²) in [6.07, 6.45) is 5.38. The second-order valence-corrected chi connectivity index (χ2v) is 10.7. The van der Waals surface area contributed by atoms with Crippen molar-refractivity contribution in [2.24, 2.45) is 5.73 Å². The molecule has 0 radical (unpaired) electrons. The number of carbonyl (C=O) groups excluding carboxylic acids is 2. The van der Waals surface area contributed by atoms with E-state index >= 15 is 0 Å². The Morgan fingerprint density at radius 3 is 2.22 bits per heavy atom. The molecule has 0 spiro atoms. The standard InChI is InChI=1S/C28H37N3O4S/c1-34-18-22-14-15-23(19-35-2)30(22)16-6-3-7-17-31-24-8-4-5-9-25(24)36-26(28(31)33)20-10-12-21(13-11-20)27(29)32/h4-5,8-13,22-23,26H,3,6-7,14-19H2,1-2H3,(H2,29,32). The number of methoxy groups -OCH3 is 2. The van der Waals surface area contributed by atoms with E-state index < -0.39 is 5.91 Å². The second-order valence-electron chi connectivity index (χ2n) is 9.54. The van der Waals surface area contributed by atoms with Crippen molar-refractivity contribution < 1.29 is 19.1 Å². The summed E-state index contributed by atoms with van der Waals surface area (Å²) in [5, 5.41) is -0.337. The molecular weight excluding hydrogens is 474 g/mol. The van der Waals surface area contributed by atoms with Crippen LogP contribution in [0.1, 0.15) is 53.3 Å². The van der Waals surface area contributed by atoms with E-state index in [1.165, 1.54) is 0 Å². The molecule has 2 aliphatic heterocycles. The number of ether oxygens (including phenoxy) is 2. The highest BCUT2D eigenvalue weighted by atomic mass is 32.2. The van der Waals surface area contributed by atoms with Crippen molar-refractivity contribution in [3.8, 4) is 0 Å². The molecule has 0 bridgehead atoms. The summed E-state index contributed by atoms with van der Waals surface area (Å²) in [4.78, 5) is 30.6. The average Bonchev–Trinajstić information content (AvgIpc) is 3.26. The lowest BCUT2D eigenvalue weighted by Gasteiger charge is -2.34. The largest absolute Gasteiger partial charge is 0.383 e. The number of thioether (sulfide) groups is 1. The Kier molecular flexibility index (Phi) is 9.42. The predicted octanol–water partition coefficient (Wildman–Crippen LogP) is 4.26. The molecule has 2 aliphatic rings. The molecule has 0 saturated carbocycles. The van der Waals surface area contributed by atoms with Crippen LogP contribution >= 0.6 is 11.8 Å². The number of amides is 2. The summed E-state index contributed by atoms with van der Waals surface area (Å²) in [5.74, 6) is -0.377. The molecule has 3 unspecified atom stereocenters. The Hall–Kier alpha value is -2.39. The second kappa shape index (κ2) is 12.7. The highest BCUT2D eigenvalue weighted by Crippen LogP contribution is 2.46. The molecule has 1 saturated heterocycles. The molecule has 1 fully saturated rings. The SMILES string of the molecule is COCC1CCC(COC)N1CCCCCN1C(=O)C(c2ccc(C(N)=O)cc2)Sc2ccccc21. The van der Waals surface area contributed by atoms with E-state index in [4.69, 9.17) is 15.2 Å². The van der Waals surface area contributed by atoms with Crippen LogP contribution in [-0.2, 0) is 14.3 Å². The number of likely N-dealkylation sites (tertiary alicyclic amines) is 1. The maximum atomic E-state index is 13.6. The Morgan fingerprint density at radius 1 is 0.944 bits per heavy atom. The lowest BCUT2D eigenvalue weighted by Crippen LogP contribution is -2.41. The monoisotopic (exact) mass is 511 g/mol. The fraction of sp³-hybridized carbons (Fsp3) is 0.500. The minimum absolute atomic E-state index is 0.0883. The quantitative estimate of drug-likeness (QED) is 0.429. The van der Waals surface area contributed by atoms with Gasteiger partial charge in [0.15, 0.2) is 0 Å². The molecule has 0 aliphatic carbocycles. The van der Waals surface area contributed by atoms with Gasteiger partial charge in [0.05, 0.1) is 18.9 Å². The van der Waals surface area contributed by atoms with Crippen molar-refractivity contribution in [2.45, 2.75) is 54.3 Å². The zero-order valence-electron chi connectivity index (χ0n) is 21.2. The molecule has 36 heavy (non-hydrogen) atoms. The van der Waals surface area contributed by atoms with Crippen LogP contribution in [0.25, 0.3) is 0 Å². The number of benzene rings is 2. The van der Waals surface area contributed by atoms with Gasteiger partial charge in [0.25, 0.3) is 0 Å². The van der Waals surface area contributed by atoms with Crippen LogP contribution in [0.15, 0.2) is 53.4 Å². The minimum atomic E-state index is -0.466. The highest BCUT2D eigenvalue weighted by Gasteiger charge is 2.35. The summed E-state index contributed by atoms with van der Waals surface area (Å²) in [6.45, 7) is 3.24. The lowest BCUT2D eigenvalue weighted by molar-refractivity contribution is -0.118. The maximum Gasteiger partial charge on any atom is 0.248 e. The fourth-order valence-electron chi connectivity index (χ4n) is 5.34. The third-order valence-corrected chi connectivity index (χ3v) is 8.49. The van der Waals surface area contributed by atoms with Gasteiger partial charge in [0.2, 0.25) is 11.8 Å². The molecule has 2 aromatic rings. The molecule has 194 valence electrons. The first-order valence-electron chi connectivity index (χ1n) is 12.7. The van der Waals surface area contributed by atoms with Gasteiger partial charge < -0.3 is 20.1 Å². The third kappa shape index (κ3) is 6.11. The number of para-hydroxylation sites is 1. The van der Waals surface area contributed by atoms with E-state index in [9.17, 15) is 9.59 Å². The lowest BCUT2D eigenvalue weighted by atomic mass is 10.1.